The number of rotatable bonds is 6. The smallest absolute Gasteiger partial charge is 0.421 e. The van der Waals surface area contributed by atoms with E-state index in [1.54, 1.807) is 26.8 Å². The molecular formula is C24H20F4N2O4. The van der Waals surface area contributed by atoms with Gasteiger partial charge in [-0.3, -0.25) is 4.79 Å². The van der Waals surface area contributed by atoms with E-state index >= 15 is 0 Å². The Hall–Kier alpha value is -3.95. The topological polar surface area (TPSA) is 79.7 Å². The minimum Gasteiger partial charge on any atom is -0.478 e. The number of hydrogen-bond acceptors (Lipinski definition) is 4. The molecule has 1 aromatic heterocycles. The van der Waals surface area contributed by atoms with Gasteiger partial charge in [0, 0.05) is 12.2 Å². The van der Waals surface area contributed by atoms with Crippen LogP contribution in [0.2, 0.25) is 0 Å². The zero-order valence-corrected chi connectivity index (χ0v) is 18.4. The Kier molecular flexibility index (Phi) is 6.90. The molecule has 3 aromatic rings. The fraction of sp³-hybridized carbons (Fsp3) is 0.208. The summed E-state index contributed by atoms with van der Waals surface area (Å²) < 4.78 is 59.4. The SMILES string of the molecule is Cc1ccc(C(=O)N(c2ccc(Oc3ncccc3C(F)(F)F)cc2C(=O)O)C(C)C)c(F)c1. The molecule has 3 rings (SSSR count). The first-order chi connectivity index (χ1) is 15.9. The van der Waals surface area contributed by atoms with Crippen LogP contribution in [0.3, 0.4) is 0 Å². The fourth-order valence-corrected chi connectivity index (χ4v) is 3.30. The lowest BCUT2D eigenvalue weighted by molar-refractivity contribution is -0.138. The Bertz CT molecular complexity index is 1240. The maximum atomic E-state index is 14.5. The van der Waals surface area contributed by atoms with Crippen molar-refractivity contribution in [1.29, 1.82) is 0 Å². The van der Waals surface area contributed by atoms with Gasteiger partial charge in [-0.25, -0.2) is 14.2 Å². The van der Waals surface area contributed by atoms with Gasteiger partial charge in [0.05, 0.1) is 16.8 Å². The van der Waals surface area contributed by atoms with Crippen molar-refractivity contribution in [2.75, 3.05) is 4.90 Å². The molecule has 0 aliphatic rings. The van der Waals surface area contributed by atoms with E-state index in [9.17, 15) is 32.3 Å². The van der Waals surface area contributed by atoms with E-state index < -0.39 is 46.9 Å². The molecular weight excluding hydrogens is 456 g/mol. The number of carbonyl (C=O) groups excluding carboxylic acids is 1. The van der Waals surface area contributed by atoms with Crippen LogP contribution < -0.4 is 9.64 Å². The molecule has 0 saturated heterocycles. The normalized spacial score (nSPS) is 11.4. The summed E-state index contributed by atoms with van der Waals surface area (Å²) in [6.45, 7) is 4.89. The highest BCUT2D eigenvalue weighted by atomic mass is 19.4. The number of carboxylic acids is 1. The zero-order chi connectivity index (χ0) is 25.2. The maximum absolute atomic E-state index is 14.5. The van der Waals surface area contributed by atoms with Gasteiger partial charge in [0.15, 0.2) is 0 Å². The minimum atomic E-state index is -4.74. The van der Waals surface area contributed by atoms with E-state index in [2.05, 4.69) is 4.98 Å². The quantitative estimate of drug-likeness (QED) is 0.436. The van der Waals surface area contributed by atoms with Crippen LogP contribution in [-0.4, -0.2) is 28.0 Å². The van der Waals surface area contributed by atoms with Crippen molar-refractivity contribution < 1.29 is 37.0 Å². The average molecular weight is 476 g/mol. The van der Waals surface area contributed by atoms with E-state index in [1.165, 1.54) is 24.3 Å². The van der Waals surface area contributed by atoms with Gasteiger partial charge < -0.3 is 14.7 Å². The number of amides is 1. The summed E-state index contributed by atoms with van der Waals surface area (Å²) in [5.41, 5.74) is -1.27. The summed E-state index contributed by atoms with van der Waals surface area (Å²) in [4.78, 5) is 29.8. The molecule has 0 radical (unpaired) electrons. The Balaban J connectivity index is 2.05. The van der Waals surface area contributed by atoms with Crippen molar-refractivity contribution in [3.63, 3.8) is 0 Å². The molecule has 0 fully saturated rings. The largest absolute Gasteiger partial charge is 0.478 e. The number of alkyl halides is 3. The molecule has 1 amide bonds. The van der Waals surface area contributed by atoms with E-state index in [0.29, 0.717) is 5.56 Å². The summed E-state index contributed by atoms with van der Waals surface area (Å²) in [5.74, 6) is -3.98. The van der Waals surface area contributed by atoms with Crippen LogP contribution >= 0.6 is 0 Å². The van der Waals surface area contributed by atoms with E-state index in [1.807, 2.05) is 0 Å². The van der Waals surface area contributed by atoms with Crippen molar-refractivity contribution >= 4 is 17.6 Å². The van der Waals surface area contributed by atoms with Crippen molar-refractivity contribution in [1.82, 2.24) is 4.98 Å². The molecule has 6 nitrogen and oxygen atoms in total. The molecule has 1 N–H and O–H groups in total. The highest BCUT2D eigenvalue weighted by molar-refractivity contribution is 6.10. The molecule has 0 aliphatic heterocycles. The van der Waals surface area contributed by atoms with Crippen LogP contribution in [0.5, 0.6) is 11.6 Å². The van der Waals surface area contributed by atoms with E-state index in [4.69, 9.17) is 4.74 Å². The first kappa shape index (κ1) is 24.7. The Morgan fingerprint density at radius 3 is 2.35 bits per heavy atom. The zero-order valence-electron chi connectivity index (χ0n) is 18.4. The second kappa shape index (κ2) is 9.50. The molecule has 0 spiro atoms. The number of nitrogens with zero attached hydrogens (tertiary/aromatic N) is 2. The lowest BCUT2D eigenvalue weighted by Crippen LogP contribution is -2.38. The molecule has 10 heteroatoms. The molecule has 0 aliphatic carbocycles. The lowest BCUT2D eigenvalue weighted by atomic mass is 10.1. The van der Waals surface area contributed by atoms with Crippen molar-refractivity contribution in [3.8, 4) is 11.6 Å². The molecule has 0 atom stereocenters. The van der Waals surface area contributed by atoms with Gasteiger partial charge in [0.25, 0.3) is 5.91 Å². The molecule has 178 valence electrons. The summed E-state index contributed by atoms with van der Waals surface area (Å²) in [6, 6.07) is 8.76. The standard InChI is InChI=1S/C24H20F4N2O4/c1-13(2)30(22(31)16-8-6-14(3)11-19(16)25)20-9-7-15(12-17(20)23(32)33)34-21-18(24(26,27)28)5-4-10-29-21/h4-13H,1-3H3,(H,32,33). The highest BCUT2D eigenvalue weighted by Crippen LogP contribution is 2.37. The fourth-order valence-electron chi connectivity index (χ4n) is 3.30. The summed E-state index contributed by atoms with van der Waals surface area (Å²) >= 11 is 0. The predicted molar refractivity (Wildman–Crippen MR) is 116 cm³/mol. The first-order valence-corrected chi connectivity index (χ1v) is 10.1. The molecule has 2 aromatic carbocycles. The number of ether oxygens (including phenoxy) is 1. The van der Waals surface area contributed by atoms with E-state index in [0.717, 1.165) is 29.3 Å². The van der Waals surface area contributed by atoms with Crippen LogP contribution in [0.4, 0.5) is 23.2 Å². The summed E-state index contributed by atoms with van der Waals surface area (Å²) in [7, 11) is 0. The third kappa shape index (κ3) is 5.16. The van der Waals surface area contributed by atoms with Gasteiger partial charge >= 0.3 is 12.1 Å². The molecule has 0 bridgehead atoms. The van der Waals surface area contributed by atoms with Gasteiger partial charge in [-0.1, -0.05) is 6.07 Å². The number of halogens is 4. The Morgan fingerprint density at radius 2 is 1.76 bits per heavy atom. The predicted octanol–water partition coefficient (Wildman–Crippen LogP) is 6.09. The third-order valence-electron chi connectivity index (χ3n) is 4.84. The van der Waals surface area contributed by atoms with Gasteiger partial charge in [-0.15, -0.1) is 0 Å². The van der Waals surface area contributed by atoms with E-state index in [-0.39, 0.29) is 17.0 Å². The molecule has 0 saturated carbocycles. The number of hydrogen-bond donors (Lipinski definition) is 1. The van der Waals surface area contributed by atoms with Crippen molar-refractivity contribution in [2.24, 2.45) is 0 Å². The highest BCUT2D eigenvalue weighted by Gasteiger charge is 2.35. The second-order valence-electron chi connectivity index (χ2n) is 7.69. The Labute approximate surface area is 192 Å². The number of benzene rings is 2. The summed E-state index contributed by atoms with van der Waals surface area (Å²) in [6.07, 6.45) is -3.63. The number of aromatic nitrogens is 1. The minimum absolute atomic E-state index is 0.0723. The number of anilines is 1. The van der Waals surface area contributed by atoms with Gasteiger partial charge in [0.2, 0.25) is 5.88 Å². The van der Waals surface area contributed by atoms with Gasteiger partial charge in [-0.2, -0.15) is 13.2 Å². The third-order valence-corrected chi connectivity index (χ3v) is 4.84. The number of aryl methyl sites for hydroxylation is 1. The monoisotopic (exact) mass is 476 g/mol. The molecule has 34 heavy (non-hydrogen) atoms. The first-order valence-electron chi connectivity index (χ1n) is 10.1. The number of carboxylic acid groups (broad SMARTS) is 1. The van der Waals surface area contributed by atoms with Crippen LogP contribution in [-0.2, 0) is 6.18 Å². The van der Waals surface area contributed by atoms with Crippen LogP contribution in [0.15, 0.2) is 54.7 Å². The maximum Gasteiger partial charge on any atom is 0.421 e. The number of aromatic carboxylic acids is 1. The van der Waals surface area contributed by atoms with Crippen LogP contribution in [0, 0.1) is 12.7 Å². The van der Waals surface area contributed by atoms with Gasteiger partial charge in [-0.05, 0) is 68.8 Å². The number of carbonyl (C=O) groups is 2. The number of pyridine rings is 1. The van der Waals surface area contributed by atoms with Crippen LogP contribution in [0.25, 0.3) is 0 Å². The van der Waals surface area contributed by atoms with Gasteiger partial charge in [0.1, 0.15) is 17.1 Å². The van der Waals surface area contributed by atoms with Crippen molar-refractivity contribution in [2.45, 2.75) is 33.0 Å². The molecule has 0 unspecified atom stereocenters. The molecule has 1 heterocycles. The average Bonchev–Trinajstić information content (AvgIpc) is 2.74. The Morgan fingerprint density at radius 1 is 1.06 bits per heavy atom. The lowest BCUT2D eigenvalue weighted by Gasteiger charge is -2.28. The summed E-state index contributed by atoms with van der Waals surface area (Å²) in [5, 5.41) is 9.75. The van der Waals surface area contributed by atoms with Crippen LogP contribution in [0.1, 0.15) is 45.7 Å². The second-order valence-corrected chi connectivity index (χ2v) is 7.69. The van der Waals surface area contributed by atoms with Crippen molar-refractivity contribution in [3.05, 3.63) is 82.8 Å².